The Bertz CT molecular complexity index is 991. The first kappa shape index (κ1) is 16.1. The van der Waals surface area contributed by atoms with Gasteiger partial charge in [0.05, 0.1) is 11.8 Å². The number of pyridine rings is 1. The monoisotopic (exact) mass is 383 g/mol. The molecule has 1 amide bonds. The van der Waals surface area contributed by atoms with Crippen molar-refractivity contribution in [1.29, 1.82) is 0 Å². The number of carbonyl (C=O) groups is 1. The van der Waals surface area contributed by atoms with E-state index in [1.807, 2.05) is 25.1 Å². The average molecular weight is 384 g/mol. The Morgan fingerprint density at radius 3 is 2.67 bits per heavy atom. The number of amides is 1. The van der Waals surface area contributed by atoms with Crippen molar-refractivity contribution in [1.82, 2.24) is 10.4 Å². The van der Waals surface area contributed by atoms with Crippen LogP contribution in [0.2, 0.25) is 0 Å². The fraction of sp³-hybridized carbons (Fsp3) is 0.0556. The van der Waals surface area contributed by atoms with Gasteiger partial charge in [-0.05, 0) is 54.8 Å². The van der Waals surface area contributed by atoms with Crippen molar-refractivity contribution in [2.75, 3.05) is 0 Å². The number of hydrazone groups is 1. The molecule has 5 nitrogen and oxygen atoms in total. The van der Waals surface area contributed by atoms with Crippen LogP contribution in [-0.2, 0) is 0 Å². The lowest BCUT2D eigenvalue weighted by Gasteiger charge is -2.02. The Balaban J connectivity index is 1.80. The number of aromatic amines is 1. The zero-order valence-corrected chi connectivity index (χ0v) is 14.4. The second-order valence-corrected chi connectivity index (χ2v) is 6.27. The summed E-state index contributed by atoms with van der Waals surface area (Å²) in [6, 6.07) is 14.4. The number of hydrogen-bond acceptors (Lipinski definition) is 3. The Morgan fingerprint density at radius 1 is 1.17 bits per heavy atom. The van der Waals surface area contributed by atoms with Crippen LogP contribution < -0.4 is 11.0 Å². The number of rotatable bonds is 3. The van der Waals surface area contributed by atoms with Gasteiger partial charge in [0.25, 0.3) is 11.5 Å². The third-order valence-corrected chi connectivity index (χ3v) is 4.03. The molecular formula is C18H14BrN3O2. The van der Waals surface area contributed by atoms with Crippen LogP contribution in [0.1, 0.15) is 21.5 Å². The number of carbonyl (C=O) groups excluding carboxylic acids is 1. The molecule has 0 saturated heterocycles. The van der Waals surface area contributed by atoms with Crippen molar-refractivity contribution in [3.63, 3.8) is 0 Å². The van der Waals surface area contributed by atoms with E-state index in [4.69, 9.17) is 0 Å². The highest BCUT2D eigenvalue weighted by molar-refractivity contribution is 9.10. The standard InChI is InChI=1S/C18H14BrN3O2/c1-11-2-7-16-13(8-11)9-14(17(23)21-16)10-20-22-18(24)12-3-5-15(19)6-4-12/h2-10H,1H3,(H,21,23)(H,22,24). The van der Waals surface area contributed by atoms with E-state index in [0.29, 0.717) is 11.1 Å². The predicted octanol–water partition coefficient (Wildman–Crippen LogP) is 3.36. The van der Waals surface area contributed by atoms with Crippen molar-refractivity contribution in [2.24, 2.45) is 5.10 Å². The molecule has 1 aromatic heterocycles. The third kappa shape index (κ3) is 3.60. The van der Waals surface area contributed by atoms with Gasteiger partial charge in [0.1, 0.15) is 0 Å². The van der Waals surface area contributed by atoms with E-state index in [9.17, 15) is 9.59 Å². The van der Waals surface area contributed by atoms with Gasteiger partial charge in [-0.2, -0.15) is 5.10 Å². The number of hydrogen-bond donors (Lipinski definition) is 2. The number of fused-ring (bicyclic) bond motifs is 1. The van der Waals surface area contributed by atoms with Gasteiger partial charge in [-0.3, -0.25) is 9.59 Å². The van der Waals surface area contributed by atoms with Crippen LogP contribution in [0.25, 0.3) is 10.9 Å². The zero-order chi connectivity index (χ0) is 17.1. The van der Waals surface area contributed by atoms with E-state index in [-0.39, 0.29) is 11.5 Å². The fourth-order valence-electron chi connectivity index (χ4n) is 2.27. The quantitative estimate of drug-likeness (QED) is 0.537. The van der Waals surface area contributed by atoms with Gasteiger partial charge < -0.3 is 4.98 Å². The van der Waals surface area contributed by atoms with Crippen molar-refractivity contribution < 1.29 is 4.79 Å². The fourth-order valence-corrected chi connectivity index (χ4v) is 2.53. The molecule has 0 saturated carbocycles. The molecule has 2 aromatic carbocycles. The highest BCUT2D eigenvalue weighted by Gasteiger charge is 2.04. The van der Waals surface area contributed by atoms with Crippen molar-refractivity contribution in [3.8, 4) is 0 Å². The summed E-state index contributed by atoms with van der Waals surface area (Å²) in [5.41, 5.74) is 4.89. The van der Waals surface area contributed by atoms with Crippen molar-refractivity contribution in [2.45, 2.75) is 6.92 Å². The van der Waals surface area contributed by atoms with Crippen LogP contribution in [0.15, 0.2) is 62.9 Å². The Hall–Kier alpha value is -2.73. The molecule has 0 fully saturated rings. The summed E-state index contributed by atoms with van der Waals surface area (Å²) < 4.78 is 0.889. The largest absolute Gasteiger partial charge is 0.321 e. The van der Waals surface area contributed by atoms with Gasteiger partial charge in [-0.1, -0.05) is 27.6 Å². The molecule has 0 aliphatic heterocycles. The summed E-state index contributed by atoms with van der Waals surface area (Å²) in [4.78, 5) is 26.8. The zero-order valence-electron chi connectivity index (χ0n) is 12.8. The van der Waals surface area contributed by atoms with Crippen LogP contribution in [0.4, 0.5) is 0 Å². The molecule has 3 aromatic rings. The second-order valence-electron chi connectivity index (χ2n) is 5.35. The van der Waals surface area contributed by atoms with Crippen LogP contribution in [-0.4, -0.2) is 17.1 Å². The predicted molar refractivity (Wildman–Crippen MR) is 98.5 cm³/mol. The number of nitrogens with zero attached hydrogens (tertiary/aromatic N) is 1. The molecule has 0 atom stereocenters. The molecule has 0 bridgehead atoms. The maximum Gasteiger partial charge on any atom is 0.271 e. The first-order valence-corrected chi connectivity index (χ1v) is 8.05. The van der Waals surface area contributed by atoms with E-state index in [2.05, 4.69) is 31.4 Å². The number of benzene rings is 2. The minimum Gasteiger partial charge on any atom is -0.321 e. The van der Waals surface area contributed by atoms with Gasteiger partial charge in [0.15, 0.2) is 0 Å². The molecule has 0 aliphatic carbocycles. The molecule has 0 aliphatic rings. The van der Waals surface area contributed by atoms with Crippen LogP contribution in [0.3, 0.4) is 0 Å². The van der Waals surface area contributed by atoms with Gasteiger partial charge in [-0.25, -0.2) is 5.43 Å². The van der Waals surface area contributed by atoms with Crippen molar-refractivity contribution in [3.05, 3.63) is 80.0 Å². The van der Waals surface area contributed by atoms with Gasteiger partial charge in [0, 0.05) is 15.6 Å². The lowest BCUT2D eigenvalue weighted by molar-refractivity contribution is 0.0955. The summed E-state index contributed by atoms with van der Waals surface area (Å²) in [5, 5.41) is 4.79. The Kier molecular flexibility index (Phi) is 4.57. The molecule has 24 heavy (non-hydrogen) atoms. The Labute approximate surface area is 146 Å². The summed E-state index contributed by atoms with van der Waals surface area (Å²) >= 11 is 3.31. The SMILES string of the molecule is Cc1ccc2[nH]c(=O)c(C=NNC(=O)c3ccc(Br)cc3)cc2c1. The molecule has 0 radical (unpaired) electrons. The summed E-state index contributed by atoms with van der Waals surface area (Å²) in [6.45, 7) is 1.98. The van der Waals surface area contributed by atoms with E-state index >= 15 is 0 Å². The van der Waals surface area contributed by atoms with Crippen LogP contribution in [0.5, 0.6) is 0 Å². The highest BCUT2D eigenvalue weighted by atomic mass is 79.9. The molecule has 120 valence electrons. The second kappa shape index (κ2) is 6.80. The first-order chi connectivity index (χ1) is 11.5. The summed E-state index contributed by atoms with van der Waals surface area (Å²) in [5.74, 6) is -0.341. The molecule has 3 rings (SSSR count). The number of halogens is 1. The van der Waals surface area contributed by atoms with E-state index < -0.39 is 0 Å². The molecule has 0 spiro atoms. The first-order valence-electron chi connectivity index (χ1n) is 7.25. The lowest BCUT2D eigenvalue weighted by Crippen LogP contribution is -2.19. The molecule has 6 heteroatoms. The third-order valence-electron chi connectivity index (χ3n) is 3.50. The van der Waals surface area contributed by atoms with E-state index in [1.165, 1.54) is 6.21 Å². The maximum atomic E-state index is 12.0. The van der Waals surface area contributed by atoms with Gasteiger partial charge in [-0.15, -0.1) is 0 Å². The topological polar surface area (TPSA) is 74.3 Å². The summed E-state index contributed by atoms with van der Waals surface area (Å²) in [7, 11) is 0. The molecule has 1 heterocycles. The van der Waals surface area contributed by atoms with Crippen LogP contribution >= 0.6 is 15.9 Å². The van der Waals surface area contributed by atoms with E-state index in [1.54, 1.807) is 30.3 Å². The van der Waals surface area contributed by atoms with E-state index in [0.717, 1.165) is 20.9 Å². The smallest absolute Gasteiger partial charge is 0.271 e. The highest BCUT2D eigenvalue weighted by Crippen LogP contribution is 2.12. The molecule has 0 unspecified atom stereocenters. The minimum absolute atomic E-state index is 0.256. The number of H-pyrrole nitrogens is 1. The normalized spacial score (nSPS) is 11.1. The number of nitrogens with one attached hydrogen (secondary N) is 2. The van der Waals surface area contributed by atoms with Crippen LogP contribution in [0, 0.1) is 6.92 Å². The van der Waals surface area contributed by atoms with Gasteiger partial charge >= 0.3 is 0 Å². The van der Waals surface area contributed by atoms with Gasteiger partial charge in [0.2, 0.25) is 0 Å². The number of aryl methyl sites for hydroxylation is 1. The molecular weight excluding hydrogens is 370 g/mol. The lowest BCUT2D eigenvalue weighted by atomic mass is 10.1. The summed E-state index contributed by atoms with van der Waals surface area (Å²) in [6.07, 6.45) is 1.34. The maximum absolute atomic E-state index is 12.0. The Morgan fingerprint density at radius 2 is 1.92 bits per heavy atom. The number of aromatic nitrogens is 1. The van der Waals surface area contributed by atoms with Crippen molar-refractivity contribution >= 4 is 39.0 Å². The molecule has 2 N–H and O–H groups in total. The average Bonchev–Trinajstić information content (AvgIpc) is 2.56. The minimum atomic E-state index is -0.341.